The van der Waals surface area contributed by atoms with E-state index in [1.165, 1.54) is 6.07 Å². The Labute approximate surface area is 149 Å². The van der Waals surface area contributed by atoms with Crippen molar-refractivity contribution in [1.82, 2.24) is 4.98 Å². The van der Waals surface area contributed by atoms with Crippen LogP contribution in [0.1, 0.15) is 21.5 Å². The zero-order chi connectivity index (χ0) is 18.7. The van der Waals surface area contributed by atoms with Crippen molar-refractivity contribution in [3.05, 3.63) is 75.6 Å². The Hall–Kier alpha value is -3.41. The first-order chi connectivity index (χ1) is 12.4. The fourth-order valence-corrected chi connectivity index (χ4v) is 2.64. The first kappa shape index (κ1) is 17.4. The second-order valence-electron chi connectivity index (χ2n) is 6.04. The largest absolute Gasteiger partial charge is 0.452 e. The van der Waals surface area contributed by atoms with Gasteiger partial charge in [0.15, 0.2) is 6.61 Å². The van der Waals surface area contributed by atoms with E-state index in [-0.39, 0.29) is 5.56 Å². The van der Waals surface area contributed by atoms with Gasteiger partial charge in [-0.2, -0.15) is 0 Å². The van der Waals surface area contributed by atoms with Gasteiger partial charge in [-0.25, -0.2) is 4.79 Å². The Morgan fingerprint density at radius 3 is 2.65 bits per heavy atom. The molecular formula is C20H18N2O4. The number of hydrogen-bond acceptors (Lipinski definition) is 4. The summed E-state index contributed by atoms with van der Waals surface area (Å²) in [5.74, 6) is -1.16. The van der Waals surface area contributed by atoms with Gasteiger partial charge in [0, 0.05) is 22.7 Å². The van der Waals surface area contributed by atoms with Crippen molar-refractivity contribution in [2.45, 2.75) is 13.8 Å². The number of fused-ring (bicyclic) bond motifs is 1. The molecule has 0 atom stereocenters. The molecule has 2 aromatic carbocycles. The monoisotopic (exact) mass is 350 g/mol. The number of rotatable bonds is 4. The van der Waals surface area contributed by atoms with E-state index in [0.29, 0.717) is 16.6 Å². The molecule has 26 heavy (non-hydrogen) atoms. The molecule has 0 aliphatic rings. The maximum absolute atomic E-state index is 12.3. The molecule has 1 aromatic heterocycles. The number of carbonyl (C=O) groups excluding carboxylic acids is 2. The Balaban J connectivity index is 1.72. The number of H-pyrrole nitrogens is 1. The molecule has 1 amide bonds. The van der Waals surface area contributed by atoms with Crippen LogP contribution in [0.25, 0.3) is 10.9 Å². The predicted molar refractivity (Wildman–Crippen MR) is 99.4 cm³/mol. The van der Waals surface area contributed by atoms with E-state index >= 15 is 0 Å². The fourth-order valence-electron chi connectivity index (χ4n) is 2.64. The van der Waals surface area contributed by atoms with Gasteiger partial charge in [-0.1, -0.05) is 30.3 Å². The van der Waals surface area contributed by atoms with Gasteiger partial charge in [0.05, 0.1) is 5.56 Å². The van der Waals surface area contributed by atoms with Crippen molar-refractivity contribution in [2.75, 3.05) is 11.9 Å². The highest BCUT2D eigenvalue weighted by Gasteiger charge is 2.15. The van der Waals surface area contributed by atoms with Gasteiger partial charge < -0.3 is 15.0 Å². The molecule has 132 valence electrons. The Morgan fingerprint density at radius 1 is 1.08 bits per heavy atom. The van der Waals surface area contributed by atoms with Crippen LogP contribution >= 0.6 is 0 Å². The highest BCUT2D eigenvalue weighted by molar-refractivity contribution is 6.04. The summed E-state index contributed by atoms with van der Waals surface area (Å²) in [6.45, 7) is 3.37. The zero-order valence-corrected chi connectivity index (χ0v) is 14.5. The number of aromatic amines is 1. The van der Waals surface area contributed by atoms with Crippen LogP contribution in [0.3, 0.4) is 0 Å². The third-order valence-corrected chi connectivity index (χ3v) is 3.97. The van der Waals surface area contributed by atoms with Crippen molar-refractivity contribution in [3.8, 4) is 0 Å². The van der Waals surface area contributed by atoms with Gasteiger partial charge >= 0.3 is 5.97 Å². The van der Waals surface area contributed by atoms with Gasteiger partial charge in [-0.05, 0) is 37.1 Å². The molecule has 2 N–H and O–H groups in total. The molecule has 0 saturated carbocycles. The topological polar surface area (TPSA) is 88.3 Å². The number of aromatic nitrogens is 1. The molecule has 0 unspecified atom stereocenters. The van der Waals surface area contributed by atoms with Crippen molar-refractivity contribution >= 4 is 28.5 Å². The van der Waals surface area contributed by atoms with Crippen molar-refractivity contribution in [3.63, 3.8) is 0 Å². The molecule has 6 heteroatoms. The van der Waals surface area contributed by atoms with E-state index in [4.69, 9.17) is 4.74 Å². The Bertz CT molecular complexity index is 1050. The highest BCUT2D eigenvalue weighted by atomic mass is 16.5. The highest BCUT2D eigenvalue weighted by Crippen LogP contribution is 2.17. The molecular weight excluding hydrogens is 332 g/mol. The number of nitrogens with one attached hydrogen (secondary N) is 2. The van der Waals surface area contributed by atoms with Gasteiger partial charge in [0.1, 0.15) is 0 Å². The first-order valence-electron chi connectivity index (χ1n) is 8.10. The summed E-state index contributed by atoms with van der Waals surface area (Å²) in [5, 5.41) is 3.28. The lowest BCUT2D eigenvalue weighted by Crippen LogP contribution is -2.22. The maximum Gasteiger partial charge on any atom is 0.339 e. The second kappa shape index (κ2) is 7.23. The molecule has 0 spiro atoms. The zero-order valence-electron chi connectivity index (χ0n) is 14.5. The van der Waals surface area contributed by atoms with E-state index in [1.54, 1.807) is 24.3 Å². The van der Waals surface area contributed by atoms with E-state index in [2.05, 4.69) is 10.3 Å². The molecule has 0 saturated heterocycles. The Kier molecular flexibility index (Phi) is 4.84. The fraction of sp³-hybridized carbons (Fsp3) is 0.150. The minimum Gasteiger partial charge on any atom is -0.452 e. The average Bonchev–Trinajstić information content (AvgIpc) is 2.62. The molecule has 0 radical (unpaired) electrons. The Morgan fingerprint density at radius 2 is 1.85 bits per heavy atom. The summed E-state index contributed by atoms with van der Waals surface area (Å²) in [4.78, 5) is 38.8. The minimum atomic E-state index is -0.719. The number of anilines is 1. The van der Waals surface area contributed by atoms with Crippen molar-refractivity contribution < 1.29 is 14.3 Å². The summed E-state index contributed by atoms with van der Waals surface area (Å²) in [7, 11) is 0. The third-order valence-electron chi connectivity index (χ3n) is 3.97. The summed E-state index contributed by atoms with van der Waals surface area (Å²) in [5.41, 5.74) is 2.85. The lowest BCUT2D eigenvalue weighted by Gasteiger charge is -2.10. The normalized spacial score (nSPS) is 10.5. The number of para-hydroxylation sites is 1. The van der Waals surface area contributed by atoms with E-state index in [1.807, 2.05) is 32.0 Å². The van der Waals surface area contributed by atoms with Gasteiger partial charge in [-0.15, -0.1) is 0 Å². The lowest BCUT2D eigenvalue weighted by molar-refractivity contribution is -0.119. The molecule has 0 aliphatic carbocycles. The summed E-state index contributed by atoms with van der Waals surface area (Å²) in [6, 6.07) is 13.8. The van der Waals surface area contributed by atoms with Crippen LogP contribution < -0.4 is 10.9 Å². The van der Waals surface area contributed by atoms with Gasteiger partial charge in [0.25, 0.3) is 5.91 Å². The van der Waals surface area contributed by atoms with Crippen molar-refractivity contribution in [1.29, 1.82) is 0 Å². The summed E-state index contributed by atoms with van der Waals surface area (Å²) < 4.78 is 5.09. The number of esters is 1. The van der Waals surface area contributed by atoms with Gasteiger partial charge in [-0.3, -0.25) is 9.59 Å². The van der Waals surface area contributed by atoms with Gasteiger partial charge in [0.2, 0.25) is 5.56 Å². The summed E-state index contributed by atoms with van der Waals surface area (Å²) >= 11 is 0. The molecule has 0 fully saturated rings. The SMILES string of the molecule is Cc1ccc(C)c(NC(=O)COC(=O)c2cc(=O)[nH]c3ccccc23)c1. The maximum atomic E-state index is 12.3. The molecule has 3 rings (SSSR count). The van der Waals surface area contributed by atoms with Crippen LogP contribution in [-0.2, 0) is 9.53 Å². The number of amides is 1. The van der Waals surface area contributed by atoms with E-state index in [9.17, 15) is 14.4 Å². The lowest BCUT2D eigenvalue weighted by atomic mass is 10.1. The van der Waals surface area contributed by atoms with Crippen LogP contribution in [0.2, 0.25) is 0 Å². The number of benzene rings is 2. The average molecular weight is 350 g/mol. The quantitative estimate of drug-likeness (QED) is 0.708. The number of aryl methyl sites for hydroxylation is 2. The number of hydrogen-bond donors (Lipinski definition) is 2. The van der Waals surface area contributed by atoms with Crippen LogP contribution in [0, 0.1) is 13.8 Å². The van der Waals surface area contributed by atoms with Crippen LogP contribution in [0.4, 0.5) is 5.69 Å². The standard InChI is InChI=1S/C20H18N2O4/c1-12-7-8-13(2)17(9-12)22-19(24)11-26-20(25)15-10-18(23)21-16-6-4-3-5-14(15)16/h3-10H,11H2,1-2H3,(H,21,23)(H,22,24). The van der Waals surface area contributed by atoms with Crippen LogP contribution in [-0.4, -0.2) is 23.5 Å². The third kappa shape index (κ3) is 3.80. The smallest absolute Gasteiger partial charge is 0.339 e. The van der Waals surface area contributed by atoms with Crippen LogP contribution in [0.15, 0.2) is 53.3 Å². The first-order valence-corrected chi connectivity index (χ1v) is 8.10. The van der Waals surface area contributed by atoms with Crippen LogP contribution in [0.5, 0.6) is 0 Å². The molecule has 0 bridgehead atoms. The van der Waals surface area contributed by atoms with Crippen molar-refractivity contribution in [2.24, 2.45) is 0 Å². The number of ether oxygens (including phenoxy) is 1. The minimum absolute atomic E-state index is 0.129. The molecule has 1 heterocycles. The van der Waals surface area contributed by atoms with E-state index in [0.717, 1.165) is 11.1 Å². The number of pyridine rings is 1. The second-order valence-corrected chi connectivity index (χ2v) is 6.04. The molecule has 3 aromatic rings. The predicted octanol–water partition coefficient (Wildman–Crippen LogP) is 2.94. The number of carbonyl (C=O) groups is 2. The van der Waals surface area contributed by atoms with E-state index < -0.39 is 24.0 Å². The summed E-state index contributed by atoms with van der Waals surface area (Å²) in [6.07, 6.45) is 0. The molecule has 6 nitrogen and oxygen atoms in total. The molecule has 0 aliphatic heterocycles.